The molecule has 0 bridgehead atoms. The second-order valence-electron chi connectivity index (χ2n) is 5.41. The van der Waals surface area contributed by atoms with Gasteiger partial charge in [0.1, 0.15) is 0 Å². The summed E-state index contributed by atoms with van der Waals surface area (Å²) in [7, 11) is 0. The molecule has 1 aromatic carbocycles. The van der Waals surface area contributed by atoms with E-state index in [-0.39, 0.29) is 0 Å². The van der Waals surface area contributed by atoms with Gasteiger partial charge in [-0.1, -0.05) is 31.0 Å². The Morgan fingerprint density at radius 2 is 1.95 bits per heavy atom. The largest absolute Gasteiger partial charge is 0.416 e. The number of hydrogen-bond acceptors (Lipinski definition) is 1. The number of alkyl halides is 3. The lowest BCUT2D eigenvalue weighted by molar-refractivity contribution is -0.137. The van der Waals surface area contributed by atoms with Gasteiger partial charge >= 0.3 is 6.18 Å². The van der Waals surface area contributed by atoms with Crippen molar-refractivity contribution in [2.24, 2.45) is 5.92 Å². The lowest BCUT2D eigenvalue weighted by Crippen LogP contribution is -2.31. The van der Waals surface area contributed by atoms with Crippen LogP contribution in [0.25, 0.3) is 0 Å². The Hall–Kier alpha value is -1.03. The SMILES string of the molecule is C[C@H](NCc1cccc(C(F)(F)F)c1)C1CCCC1. The predicted molar refractivity (Wildman–Crippen MR) is 69.7 cm³/mol. The highest BCUT2D eigenvalue weighted by atomic mass is 19.4. The molecule has 1 atom stereocenters. The van der Waals surface area contributed by atoms with Gasteiger partial charge in [-0.15, -0.1) is 0 Å². The fourth-order valence-electron chi connectivity index (χ4n) is 2.76. The molecule has 0 saturated heterocycles. The van der Waals surface area contributed by atoms with E-state index in [1.807, 2.05) is 0 Å². The van der Waals surface area contributed by atoms with Gasteiger partial charge < -0.3 is 5.32 Å². The summed E-state index contributed by atoms with van der Waals surface area (Å²) in [5.74, 6) is 0.672. The Bertz CT molecular complexity index is 408. The second-order valence-corrected chi connectivity index (χ2v) is 5.41. The third-order valence-electron chi connectivity index (χ3n) is 3.99. The molecule has 0 aliphatic heterocycles. The molecule has 1 fully saturated rings. The van der Waals surface area contributed by atoms with Gasteiger partial charge in [-0.3, -0.25) is 0 Å². The average Bonchev–Trinajstić information content (AvgIpc) is 2.89. The molecule has 19 heavy (non-hydrogen) atoms. The van der Waals surface area contributed by atoms with Crippen LogP contribution >= 0.6 is 0 Å². The van der Waals surface area contributed by atoms with E-state index in [1.165, 1.54) is 37.8 Å². The van der Waals surface area contributed by atoms with Gasteiger partial charge in [0.15, 0.2) is 0 Å². The first-order valence-electron chi connectivity index (χ1n) is 6.86. The maximum Gasteiger partial charge on any atom is 0.416 e. The Morgan fingerprint density at radius 3 is 2.58 bits per heavy atom. The summed E-state index contributed by atoms with van der Waals surface area (Å²) in [6.45, 7) is 2.63. The van der Waals surface area contributed by atoms with Crippen molar-refractivity contribution in [1.82, 2.24) is 5.32 Å². The van der Waals surface area contributed by atoms with E-state index in [1.54, 1.807) is 6.07 Å². The maximum absolute atomic E-state index is 12.6. The molecule has 0 aromatic heterocycles. The molecule has 1 N–H and O–H groups in total. The van der Waals surface area contributed by atoms with Gasteiger partial charge in [-0.25, -0.2) is 0 Å². The van der Waals surface area contributed by atoms with Crippen LogP contribution in [-0.4, -0.2) is 6.04 Å². The van der Waals surface area contributed by atoms with Crippen LogP contribution in [0, 0.1) is 5.92 Å². The second kappa shape index (κ2) is 5.95. The Morgan fingerprint density at radius 1 is 1.26 bits per heavy atom. The summed E-state index contributed by atoms with van der Waals surface area (Å²) < 4.78 is 37.8. The van der Waals surface area contributed by atoms with Crippen LogP contribution in [0.3, 0.4) is 0 Å². The van der Waals surface area contributed by atoms with Crippen LogP contribution in [0.1, 0.15) is 43.7 Å². The third kappa shape index (κ3) is 3.96. The maximum atomic E-state index is 12.6. The van der Waals surface area contributed by atoms with E-state index in [4.69, 9.17) is 0 Å². The van der Waals surface area contributed by atoms with Crippen molar-refractivity contribution < 1.29 is 13.2 Å². The standard InChI is InChI=1S/C15H20F3N/c1-11(13-6-2-3-7-13)19-10-12-5-4-8-14(9-12)15(16,17)18/h4-5,8-9,11,13,19H,2-3,6-7,10H2,1H3/t11-/m0/s1. The molecular weight excluding hydrogens is 251 g/mol. The fraction of sp³-hybridized carbons (Fsp3) is 0.600. The first-order valence-corrected chi connectivity index (χ1v) is 6.86. The quantitative estimate of drug-likeness (QED) is 0.857. The molecule has 0 radical (unpaired) electrons. The molecule has 0 unspecified atom stereocenters. The molecule has 1 saturated carbocycles. The minimum Gasteiger partial charge on any atom is -0.310 e. The van der Waals surface area contributed by atoms with Crippen LogP contribution in [0.2, 0.25) is 0 Å². The van der Waals surface area contributed by atoms with Crippen molar-refractivity contribution in [2.45, 2.75) is 51.4 Å². The summed E-state index contributed by atoms with van der Waals surface area (Å²) in [5.41, 5.74) is 0.125. The van der Waals surface area contributed by atoms with Crippen molar-refractivity contribution in [3.05, 3.63) is 35.4 Å². The normalized spacial score (nSPS) is 18.7. The Balaban J connectivity index is 1.92. The fourth-order valence-corrected chi connectivity index (χ4v) is 2.76. The van der Waals surface area contributed by atoms with Gasteiger partial charge in [0, 0.05) is 12.6 Å². The van der Waals surface area contributed by atoms with Gasteiger partial charge in [0.25, 0.3) is 0 Å². The molecule has 0 amide bonds. The van der Waals surface area contributed by atoms with E-state index < -0.39 is 11.7 Å². The highest BCUT2D eigenvalue weighted by Gasteiger charge is 2.30. The topological polar surface area (TPSA) is 12.0 Å². The van der Waals surface area contributed by atoms with Crippen molar-refractivity contribution in [3.63, 3.8) is 0 Å². The van der Waals surface area contributed by atoms with Crippen molar-refractivity contribution in [2.75, 3.05) is 0 Å². The van der Waals surface area contributed by atoms with Crippen LogP contribution < -0.4 is 5.32 Å². The highest BCUT2D eigenvalue weighted by molar-refractivity contribution is 5.25. The van der Waals surface area contributed by atoms with Crippen molar-refractivity contribution in [1.29, 1.82) is 0 Å². The third-order valence-corrected chi connectivity index (χ3v) is 3.99. The van der Waals surface area contributed by atoms with E-state index >= 15 is 0 Å². The Labute approximate surface area is 112 Å². The zero-order valence-corrected chi connectivity index (χ0v) is 11.1. The van der Waals surface area contributed by atoms with E-state index in [0.29, 0.717) is 24.1 Å². The van der Waals surface area contributed by atoms with Gasteiger partial charge in [0.05, 0.1) is 5.56 Å². The number of halogens is 3. The molecule has 0 spiro atoms. The monoisotopic (exact) mass is 271 g/mol. The lowest BCUT2D eigenvalue weighted by atomic mass is 9.99. The molecule has 2 rings (SSSR count). The summed E-state index contributed by atoms with van der Waals surface area (Å²) in [4.78, 5) is 0. The van der Waals surface area contributed by atoms with Gasteiger partial charge in [0.2, 0.25) is 0 Å². The molecule has 1 nitrogen and oxygen atoms in total. The summed E-state index contributed by atoms with van der Waals surface area (Å²) in [5, 5.41) is 3.35. The zero-order chi connectivity index (χ0) is 13.9. The van der Waals surface area contributed by atoms with Gasteiger partial charge in [-0.2, -0.15) is 13.2 Å². The van der Waals surface area contributed by atoms with Crippen molar-refractivity contribution in [3.8, 4) is 0 Å². The van der Waals surface area contributed by atoms with Gasteiger partial charge in [-0.05, 0) is 37.3 Å². The molecular formula is C15H20F3N. The lowest BCUT2D eigenvalue weighted by Gasteiger charge is -2.20. The summed E-state index contributed by atoms with van der Waals surface area (Å²) >= 11 is 0. The number of rotatable bonds is 4. The van der Waals surface area contributed by atoms with E-state index in [0.717, 1.165) is 6.07 Å². The number of nitrogens with one attached hydrogen (secondary N) is 1. The van der Waals surface area contributed by atoms with Crippen LogP contribution in [-0.2, 0) is 12.7 Å². The molecule has 1 aliphatic rings. The summed E-state index contributed by atoms with van der Waals surface area (Å²) in [6, 6.07) is 5.93. The Kier molecular flexibility index (Phi) is 4.50. The molecule has 1 aromatic rings. The zero-order valence-electron chi connectivity index (χ0n) is 11.1. The molecule has 4 heteroatoms. The van der Waals surface area contributed by atoms with Crippen LogP contribution in [0.15, 0.2) is 24.3 Å². The van der Waals surface area contributed by atoms with Crippen molar-refractivity contribution >= 4 is 0 Å². The average molecular weight is 271 g/mol. The van der Waals surface area contributed by atoms with Crippen LogP contribution in [0.5, 0.6) is 0 Å². The minimum atomic E-state index is -4.26. The molecule has 106 valence electrons. The predicted octanol–water partition coefficient (Wildman–Crippen LogP) is 4.37. The first-order chi connectivity index (χ1) is 8.97. The summed E-state index contributed by atoms with van der Waals surface area (Å²) in [6.07, 6.45) is 0.765. The minimum absolute atomic E-state index is 0.372. The highest BCUT2D eigenvalue weighted by Crippen LogP contribution is 2.30. The number of benzene rings is 1. The molecule has 0 heterocycles. The smallest absolute Gasteiger partial charge is 0.310 e. The number of hydrogen-bond donors (Lipinski definition) is 1. The van der Waals surface area contributed by atoms with E-state index in [2.05, 4.69) is 12.2 Å². The van der Waals surface area contributed by atoms with E-state index in [9.17, 15) is 13.2 Å². The van der Waals surface area contributed by atoms with Crippen LogP contribution in [0.4, 0.5) is 13.2 Å². The first kappa shape index (κ1) is 14.4. The molecule has 1 aliphatic carbocycles.